The van der Waals surface area contributed by atoms with Crippen molar-refractivity contribution < 1.29 is 9.53 Å². The molecule has 0 aromatic heterocycles. The molecule has 1 rings (SSSR count). The van der Waals surface area contributed by atoms with E-state index in [1.165, 1.54) is 11.1 Å². The molecule has 100 valence electrons. The van der Waals surface area contributed by atoms with Crippen LogP contribution in [0.3, 0.4) is 0 Å². The van der Waals surface area contributed by atoms with E-state index in [1.54, 1.807) is 7.11 Å². The van der Waals surface area contributed by atoms with Crippen LogP contribution in [0, 0.1) is 19.3 Å². The van der Waals surface area contributed by atoms with Gasteiger partial charge in [0.25, 0.3) is 0 Å². The summed E-state index contributed by atoms with van der Waals surface area (Å²) < 4.78 is 5.36. The highest BCUT2D eigenvalue weighted by Gasteiger charge is 2.30. The van der Waals surface area contributed by atoms with Gasteiger partial charge in [-0.15, -0.1) is 0 Å². The number of rotatable bonds is 4. The molecule has 0 heterocycles. The smallest absolute Gasteiger partial charge is 0.166 e. The first-order chi connectivity index (χ1) is 8.24. The maximum absolute atomic E-state index is 12.3. The van der Waals surface area contributed by atoms with Gasteiger partial charge < -0.3 is 4.74 Å². The molecule has 0 fully saturated rings. The van der Waals surface area contributed by atoms with E-state index in [1.807, 2.05) is 20.8 Å². The summed E-state index contributed by atoms with van der Waals surface area (Å²) >= 11 is 0. The molecule has 1 aromatic carbocycles. The summed E-state index contributed by atoms with van der Waals surface area (Å²) in [6, 6.07) is 6.26. The number of carbonyl (C=O) groups excluding carboxylic acids is 1. The van der Waals surface area contributed by atoms with Gasteiger partial charge in [0.05, 0.1) is 0 Å². The Morgan fingerprint density at radius 1 is 1.17 bits per heavy atom. The van der Waals surface area contributed by atoms with Gasteiger partial charge in [0, 0.05) is 13.5 Å². The molecule has 0 saturated carbocycles. The molecule has 1 unspecified atom stereocenters. The molecule has 0 N–H and O–H groups in total. The highest BCUT2D eigenvalue weighted by molar-refractivity contribution is 5.86. The summed E-state index contributed by atoms with van der Waals surface area (Å²) in [4.78, 5) is 12.3. The standard InChI is InChI=1S/C16H24O2/c1-11-7-12(2)9-13(8-11)10-14(17)15(18-6)16(3,4)5/h7-9,15H,10H2,1-6H3. The van der Waals surface area contributed by atoms with Crippen molar-refractivity contribution in [2.24, 2.45) is 5.41 Å². The third-order valence-electron chi connectivity index (χ3n) is 2.97. The van der Waals surface area contributed by atoms with Gasteiger partial charge in [-0.05, 0) is 24.8 Å². The maximum atomic E-state index is 12.3. The largest absolute Gasteiger partial charge is 0.373 e. The van der Waals surface area contributed by atoms with Crippen LogP contribution >= 0.6 is 0 Å². The third kappa shape index (κ3) is 3.95. The lowest BCUT2D eigenvalue weighted by molar-refractivity contribution is -0.134. The molecule has 1 atom stereocenters. The van der Waals surface area contributed by atoms with E-state index in [0.29, 0.717) is 6.42 Å². The van der Waals surface area contributed by atoms with E-state index in [2.05, 4.69) is 32.0 Å². The van der Waals surface area contributed by atoms with Gasteiger partial charge >= 0.3 is 0 Å². The first-order valence-electron chi connectivity index (χ1n) is 6.36. The number of ketones is 1. The lowest BCUT2D eigenvalue weighted by Crippen LogP contribution is -2.37. The molecule has 1 aromatic rings. The van der Waals surface area contributed by atoms with Gasteiger partial charge in [-0.1, -0.05) is 50.1 Å². The van der Waals surface area contributed by atoms with Crippen LogP contribution in [0.1, 0.15) is 37.5 Å². The summed E-state index contributed by atoms with van der Waals surface area (Å²) in [5.74, 6) is 0.148. The molecule has 0 saturated heterocycles. The van der Waals surface area contributed by atoms with Crippen LogP contribution < -0.4 is 0 Å². The number of ether oxygens (including phenoxy) is 1. The van der Waals surface area contributed by atoms with Crippen LogP contribution in [0.5, 0.6) is 0 Å². The Morgan fingerprint density at radius 3 is 2.06 bits per heavy atom. The van der Waals surface area contributed by atoms with Crippen LogP contribution in [0.15, 0.2) is 18.2 Å². The average Bonchev–Trinajstić information content (AvgIpc) is 2.13. The maximum Gasteiger partial charge on any atom is 0.166 e. The van der Waals surface area contributed by atoms with Crippen molar-refractivity contribution in [1.82, 2.24) is 0 Å². The molecule has 0 amide bonds. The molecule has 0 aliphatic rings. The minimum Gasteiger partial charge on any atom is -0.373 e. The molecule has 2 heteroatoms. The predicted molar refractivity (Wildman–Crippen MR) is 74.9 cm³/mol. The van der Waals surface area contributed by atoms with Crippen molar-refractivity contribution in [3.63, 3.8) is 0 Å². The van der Waals surface area contributed by atoms with Gasteiger partial charge in [-0.25, -0.2) is 0 Å². The fourth-order valence-electron chi connectivity index (χ4n) is 2.43. The summed E-state index contributed by atoms with van der Waals surface area (Å²) in [6.07, 6.45) is 0.0940. The number of Topliss-reactive ketones (excluding diaryl/α,β-unsaturated/α-hetero) is 1. The quantitative estimate of drug-likeness (QED) is 0.815. The Kier molecular flexibility index (Phi) is 4.69. The summed E-state index contributed by atoms with van der Waals surface area (Å²) in [7, 11) is 1.61. The van der Waals surface area contributed by atoms with Gasteiger partial charge in [0.15, 0.2) is 5.78 Å². The van der Waals surface area contributed by atoms with Crippen LogP contribution in [0.2, 0.25) is 0 Å². The van der Waals surface area contributed by atoms with Crippen molar-refractivity contribution in [2.75, 3.05) is 7.11 Å². The normalized spacial score (nSPS) is 13.4. The first-order valence-corrected chi connectivity index (χ1v) is 6.36. The summed E-state index contributed by atoms with van der Waals surface area (Å²) in [6.45, 7) is 10.2. The fraction of sp³-hybridized carbons (Fsp3) is 0.562. The van der Waals surface area contributed by atoms with E-state index in [-0.39, 0.29) is 17.3 Å². The first kappa shape index (κ1) is 14.9. The minimum absolute atomic E-state index is 0.148. The van der Waals surface area contributed by atoms with Crippen LogP contribution in [0.25, 0.3) is 0 Å². The number of carbonyl (C=O) groups is 1. The lowest BCUT2D eigenvalue weighted by Gasteiger charge is -2.28. The molecule has 18 heavy (non-hydrogen) atoms. The fourth-order valence-corrected chi connectivity index (χ4v) is 2.43. The van der Waals surface area contributed by atoms with E-state index in [9.17, 15) is 4.79 Å². The number of benzene rings is 1. The number of aryl methyl sites for hydroxylation is 2. The van der Waals surface area contributed by atoms with Crippen molar-refractivity contribution in [3.8, 4) is 0 Å². The number of hydrogen-bond acceptors (Lipinski definition) is 2. The summed E-state index contributed by atoms with van der Waals surface area (Å²) in [5, 5.41) is 0. The minimum atomic E-state index is -0.349. The molecule has 0 bridgehead atoms. The second-order valence-electron chi connectivity index (χ2n) is 6.12. The van der Waals surface area contributed by atoms with Gasteiger partial charge in [-0.2, -0.15) is 0 Å². The van der Waals surface area contributed by atoms with Gasteiger partial charge in [0.2, 0.25) is 0 Å². The zero-order chi connectivity index (χ0) is 13.9. The topological polar surface area (TPSA) is 26.3 Å². The predicted octanol–water partition coefficient (Wildman–Crippen LogP) is 3.48. The van der Waals surface area contributed by atoms with E-state index < -0.39 is 0 Å². The Bertz CT molecular complexity index is 407. The Hall–Kier alpha value is -1.15. The highest BCUT2D eigenvalue weighted by atomic mass is 16.5. The van der Waals surface area contributed by atoms with Crippen molar-refractivity contribution in [2.45, 2.75) is 47.1 Å². The van der Waals surface area contributed by atoms with Crippen LogP contribution in [-0.2, 0) is 16.0 Å². The molecule has 0 radical (unpaired) electrons. The second-order valence-corrected chi connectivity index (χ2v) is 6.12. The third-order valence-corrected chi connectivity index (χ3v) is 2.97. The molecule has 0 aliphatic carbocycles. The van der Waals surface area contributed by atoms with Gasteiger partial charge in [0.1, 0.15) is 6.10 Å². The lowest BCUT2D eigenvalue weighted by atomic mass is 9.84. The monoisotopic (exact) mass is 248 g/mol. The zero-order valence-corrected chi connectivity index (χ0v) is 12.3. The van der Waals surface area contributed by atoms with Crippen molar-refractivity contribution in [3.05, 3.63) is 34.9 Å². The molecule has 2 nitrogen and oxygen atoms in total. The molecule has 0 spiro atoms. The SMILES string of the molecule is COC(C(=O)Cc1cc(C)cc(C)c1)C(C)(C)C. The van der Waals surface area contributed by atoms with Gasteiger partial charge in [-0.3, -0.25) is 4.79 Å². The Labute approximate surface area is 110 Å². The number of methoxy groups -OCH3 is 1. The van der Waals surface area contributed by atoms with Crippen molar-refractivity contribution >= 4 is 5.78 Å². The van der Waals surface area contributed by atoms with E-state index in [4.69, 9.17) is 4.74 Å². The van der Waals surface area contributed by atoms with Crippen LogP contribution in [-0.4, -0.2) is 19.0 Å². The Morgan fingerprint density at radius 2 is 1.67 bits per heavy atom. The Balaban J connectivity index is 2.86. The number of hydrogen-bond donors (Lipinski definition) is 0. The molecular formula is C16H24O2. The van der Waals surface area contributed by atoms with Crippen molar-refractivity contribution in [1.29, 1.82) is 0 Å². The van der Waals surface area contributed by atoms with Crippen LogP contribution in [0.4, 0.5) is 0 Å². The zero-order valence-electron chi connectivity index (χ0n) is 12.3. The average molecular weight is 248 g/mol. The van der Waals surface area contributed by atoms with E-state index in [0.717, 1.165) is 5.56 Å². The summed E-state index contributed by atoms with van der Waals surface area (Å²) in [5.41, 5.74) is 3.30. The highest BCUT2D eigenvalue weighted by Crippen LogP contribution is 2.24. The molecular weight excluding hydrogens is 224 g/mol. The van der Waals surface area contributed by atoms with E-state index >= 15 is 0 Å². The second kappa shape index (κ2) is 5.66. The molecule has 0 aliphatic heterocycles.